The molecule has 4 rings (SSSR count). The molecule has 142 valence electrons. The molecule has 2 saturated heterocycles. The van der Waals surface area contributed by atoms with Gasteiger partial charge in [-0.05, 0) is 43.9 Å². The molecule has 2 aliphatic heterocycles. The molecule has 0 saturated carbocycles. The summed E-state index contributed by atoms with van der Waals surface area (Å²) in [7, 11) is 1.85. The molecule has 2 aromatic rings. The molecule has 1 spiro atoms. The average Bonchev–Trinajstić information content (AvgIpc) is 2.98. The number of benzene rings is 1. The van der Waals surface area contributed by atoms with Crippen molar-refractivity contribution in [3.05, 3.63) is 36.0 Å². The fourth-order valence-electron chi connectivity index (χ4n) is 4.56. The van der Waals surface area contributed by atoms with E-state index in [0.717, 1.165) is 24.8 Å². The molecule has 1 aromatic heterocycles. The number of rotatable bonds is 2. The summed E-state index contributed by atoms with van der Waals surface area (Å²) in [6.45, 7) is 1.88. The van der Waals surface area contributed by atoms with Gasteiger partial charge in [-0.2, -0.15) is 0 Å². The maximum absolute atomic E-state index is 12.9. The highest BCUT2D eigenvalue weighted by Crippen LogP contribution is 2.43. The van der Waals surface area contributed by atoms with Crippen molar-refractivity contribution in [2.45, 2.75) is 25.3 Å². The summed E-state index contributed by atoms with van der Waals surface area (Å²) < 4.78 is 0. The second-order valence-electron chi connectivity index (χ2n) is 7.80. The quantitative estimate of drug-likeness (QED) is 0.840. The average molecular weight is 369 g/mol. The highest BCUT2D eigenvalue weighted by molar-refractivity contribution is 6.02. The van der Waals surface area contributed by atoms with Crippen LogP contribution in [0.4, 0.5) is 0 Å². The molecular weight excluding hydrogens is 346 g/mol. The summed E-state index contributed by atoms with van der Waals surface area (Å²) >= 11 is 0. The van der Waals surface area contributed by atoms with E-state index >= 15 is 0 Å². The van der Waals surface area contributed by atoms with Crippen molar-refractivity contribution >= 4 is 22.8 Å². The van der Waals surface area contributed by atoms with E-state index in [1.165, 1.54) is 0 Å². The van der Waals surface area contributed by atoms with Crippen molar-refractivity contribution in [1.82, 2.24) is 14.8 Å². The number of carbonyl (C=O) groups excluding carboxylic acids is 1. The summed E-state index contributed by atoms with van der Waals surface area (Å²) in [6.07, 6.45) is 3.78. The Bertz CT molecular complexity index is 905. The molecule has 7 nitrogen and oxygen atoms in total. The van der Waals surface area contributed by atoms with E-state index in [0.29, 0.717) is 25.0 Å². The molecule has 1 amide bonds. The minimum absolute atomic E-state index is 0.0401. The van der Waals surface area contributed by atoms with Crippen LogP contribution in [0.1, 0.15) is 29.6 Å². The first-order valence-electron chi connectivity index (χ1n) is 9.19. The monoisotopic (exact) mass is 369 g/mol. The first-order valence-corrected chi connectivity index (χ1v) is 9.19. The number of likely N-dealkylation sites (N-methyl/N-ethyl adjacent to an activating group) is 1. The third-order valence-electron chi connectivity index (χ3n) is 6.12. The van der Waals surface area contributed by atoms with Crippen molar-refractivity contribution in [2.24, 2.45) is 5.41 Å². The van der Waals surface area contributed by atoms with E-state index in [2.05, 4.69) is 4.98 Å². The first kappa shape index (κ1) is 17.7. The van der Waals surface area contributed by atoms with Gasteiger partial charge in [0.15, 0.2) is 5.75 Å². The van der Waals surface area contributed by atoms with Crippen LogP contribution in [-0.2, 0) is 4.79 Å². The van der Waals surface area contributed by atoms with Crippen LogP contribution in [0.15, 0.2) is 30.5 Å². The van der Waals surface area contributed by atoms with Crippen LogP contribution in [0.3, 0.4) is 0 Å². The molecule has 0 unspecified atom stereocenters. The number of hydrogen-bond acceptors (Lipinski definition) is 5. The van der Waals surface area contributed by atoms with Gasteiger partial charge in [0.2, 0.25) is 0 Å². The summed E-state index contributed by atoms with van der Waals surface area (Å²) in [5.41, 5.74) is 0.657. The Morgan fingerprint density at radius 3 is 2.63 bits per heavy atom. The van der Waals surface area contributed by atoms with Crippen LogP contribution in [0.2, 0.25) is 0 Å². The molecule has 7 heteroatoms. The summed E-state index contributed by atoms with van der Waals surface area (Å²) in [5.74, 6) is -1.05. The molecule has 2 N–H and O–H groups in total. The fourth-order valence-corrected chi connectivity index (χ4v) is 4.56. The van der Waals surface area contributed by atoms with Gasteiger partial charge in [0.05, 0.1) is 5.56 Å². The Hall–Kier alpha value is -2.67. The Morgan fingerprint density at radius 2 is 1.96 bits per heavy atom. The first-order chi connectivity index (χ1) is 12.9. The highest BCUT2D eigenvalue weighted by Gasteiger charge is 2.47. The minimum Gasteiger partial charge on any atom is -0.505 e. The second-order valence-corrected chi connectivity index (χ2v) is 7.80. The van der Waals surface area contributed by atoms with Gasteiger partial charge in [0.25, 0.3) is 5.91 Å². The van der Waals surface area contributed by atoms with Gasteiger partial charge in [-0.3, -0.25) is 19.5 Å². The van der Waals surface area contributed by atoms with E-state index in [1.54, 1.807) is 29.3 Å². The molecule has 0 radical (unpaired) electrons. The molecule has 0 aliphatic carbocycles. The number of likely N-dealkylation sites (tertiary alicyclic amines) is 2. The topological polar surface area (TPSA) is 94.0 Å². The third-order valence-corrected chi connectivity index (χ3v) is 6.12. The Kier molecular flexibility index (Phi) is 4.26. The predicted octanol–water partition coefficient (Wildman–Crippen LogP) is 1.95. The second kappa shape index (κ2) is 6.49. The Labute approximate surface area is 157 Å². The fraction of sp³-hybridized carbons (Fsp3) is 0.450. The van der Waals surface area contributed by atoms with Crippen LogP contribution in [0, 0.1) is 5.41 Å². The smallest absolute Gasteiger partial charge is 0.320 e. The number of carboxylic acid groups (broad SMARTS) is 1. The number of amides is 1. The van der Waals surface area contributed by atoms with Crippen LogP contribution in [-0.4, -0.2) is 69.6 Å². The zero-order valence-corrected chi connectivity index (χ0v) is 15.3. The minimum atomic E-state index is -0.776. The number of carboxylic acids is 1. The van der Waals surface area contributed by atoms with Crippen LogP contribution in [0.5, 0.6) is 5.75 Å². The van der Waals surface area contributed by atoms with Crippen molar-refractivity contribution in [3.8, 4) is 5.75 Å². The molecule has 2 fully saturated rings. The van der Waals surface area contributed by atoms with Crippen molar-refractivity contribution in [1.29, 1.82) is 0 Å². The molecular formula is C20H23N3O4. The molecule has 2 aliphatic rings. The van der Waals surface area contributed by atoms with Gasteiger partial charge in [-0.25, -0.2) is 0 Å². The van der Waals surface area contributed by atoms with Gasteiger partial charge < -0.3 is 15.1 Å². The van der Waals surface area contributed by atoms with Crippen molar-refractivity contribution < 1.29 is 19.8 Å². The van der Waals surface area contributed by atoms with E-state index in [4.69, 9.17) is 0 Å². The van der Waals surface area contributed by atoms with E-state index in [1.807, 2.05) is 18.0 Å². The maximum atomic E-state index is 12.9. The number of phenols is 1. The number of phenolic OH excluding ortho intramolecular Hbond substituents is 1. The lowest BCUT2D eigenvalue weighted by Crippen LogP contribution is -2.44. The van der Waals surface area contributed by atoms with E-state index in [9.17, 15) is 19.8 Å². The predicted molar refractivity (Wildman–Crippen MR) is 99.6 cm³/mol. The lowest BCUT2D eigenvalue weighted by molar-refractivity contribution is -0.141. The van der Waals surface area contributed by atoms with Gasteiger partial charge in [0, 0.05) is 31.2 Å². The number of aromatic nitrogens is 1. The molecule has 1 atom stereocenters. The number of piperidine rings is 1. The number of aliphatic carboxylic acids is 1. The standard InChI is InChI=1S/C20H23N3O4/c1-22-12-20(11-15(22)19(26)27)6-9-23(10-7-20)18(25)14-5-4-13-3-2-8-21-16(13)17(14)24/h2-5,8,15,24H,6-7,9-12H2,1H3,(H,26,27)/t15-/m1/s1. The maximum Gasteiger partial charge on any atom is 0.320 e. The Morgan fingerprint density at radius 1 is 1.22 bits per heavy atom. The van der Waals surface area contributed by atoms with Gasteiger partial charge in [-0.15, -0.1) is 0 Å². The Balaban J connectivity index is 1.50. The highest BCUT2D eigenvalue weighted by atomic mass is 16.4. The number of hydrogen-bond donors (Lipinski definition) is 2. The summed E-state index contributed by atoms with van der Waals surface area (Å²) in [4.78, 5) is 32.2. The lowest BCUT2D eigenvalue weighted by atomic mass is 9.76. The van der Waals surface area contributed by atoms with Crippen LogP contribution >= 0.6 is 0 Å². The van der Waals surface area contributed by atoms with Gasteiger partial charge >= 0.3 is 5.97 Å². The van der Waals surface area contributed by atoms with Crippen molar-refractivity contribution in [2.75, 3.05) is 26.7 Å². The number of aromatic hydroxyl groups is 1. The van der Waals surface area contributed by atoms with Crippen molar-refractivity contribution in [3.63, 3.8) is 0 Å². The van der Waals surface area contributed by atoms with Gasteiger partial charge in [0.1, 0.15) is 11.6 Å². The van der Waals surface area contributed by atoms with E-state index < -0.39 is 12.0 Å². The van der Waals surface area contributed by atoms with Crippen LogP contribution in [0.25, 0.3) is 10.9 Å². The zero-order valence-electron chi connectivity index (χ0n) is 15.3. The lowest BCUT2D eigenvalue weighted by Gasteiger charge is -2.39. The summed E-state index contributed by atoms with van der Waals surface area (Å²) in [5, 5.41) is 20.7. The number of nitrogens with zero attached hydrogens (tertiary/aromatic N) is 3. The van der Waals surface area contributed by atoms with Crippen LogP contribution < -0.4 is 0 Å². The number of fused-ring (bicyclic) bond motifs is 1. The number of pyridine rings is 1. The van der Waals surface area contributed by atoms with Gasteiger partial charge in [-0.1, -0.05) is 12.1 Å². The zero-order chi connectivity index (χ0) is 19.2. The normalized spacial score (nSPS) is 22.4. The molecule has 27 heavy (non-hydrogen) atoms. The SMILES string of the molecule is CN1CC2(CCN(C(=O)c3ccc4cccnc4c3O)CC2)C[C@@H]1C(=O)O. The number of carbonyl (C=O) groups is 2. The molecule has 1 aromatic carbocycles. The molecule has 0 bridgehead atoms. The summed E-state index contributed by atoms with van der Waals surface area (Å²) in [6, 6.07) is 6.63. The third kappa shape index (κ3) is 3.02. The largest absolute Gasteiger partial charge is 0.505 e. The van der Waals surface area contributed by atoms with E-state index in [-0.39, 0.29) is 22.6 Å². The molecule has 3 heterocycles.